The Hall–Kier alpha value is -1.92. The summed E-state index contributed by atoms with van der Waals surface area (Å²) in [6, 6.07) is -0.545. The molecule has 1 amide bonds. The third-order valence-corrected chi connectivity index (χ3v) is 16.9. The zero-order chi connectivity index (χ0) is 57.8. The van der Waals surface area contributed by atoms with Crippen LogP contribution in [-0.2, 0) is 14.3 Å². The first-order valence-electron chi connectivity index (χ1n) is 36.2. The first-order valence-corrected chi connectivity index (χ1v) is 36.2. The highest BCUT2D eigenvalue weighted by atomic mass is 16.5. The van der Waals surface area contributed by atoms with Crippen molar-refractivity contribution in [3.63, 3.8) is 0 Å². The van der Waals surface area contributed by atoms with Crippen LogP contribution >= 0.6 is 0 Å². The molecule has 0 aromatic rings. The fourth-order valence-electron chi connectivity index (χ4n) is 11.4. The lowest BCUT2D eigenvalue weighted by Gasteiger charge is -2.22. The maximum absolute atomic E-state index is 12.5. The molecule has 2 atom stereocenters. The molecule has 0 fully saturated rings. The number of carbonyl (C=O) groups excluding carboxylic acids is 2. The summed E-state index contributed by atoms with van der Waals surface area (Å²) < 4.78 is 5.50. The number of hydrogen-bond donors (Lipinski definition) is 3. The van der Waals surface area contributed by atoms with Gasteiger partial charge in [-0.1, -0.05) is 339 Å². The Morgan fingerprint density at radius 3 is 0.975 bits per heavy atom. The molecule has 0 aromatic heterocycles. The molecule has 0 bridgehead atoms. The number of allylic oxidation sites excluding steroid dienone is 6. The molecule has 0 saturated carbocycles. The topological polar surface area (TPSA) is 95.9 Å². The SMILES string of the molecule is CCCCCC/C=C\C/C=C\CCCCCCCCCC(=O)OCCCCCCCCCCCCCC/C=C\CCCCCCCCCCCC(=O)NC(CO)C(O)CCCCCCCCCCCCCCCCCCCCCC. The Balaban J connectivity index is 3.39. The number of nitrogens with one attached hydrogen (secondary N) is 1. The van der Waals surface area contributed by atoms with Crippen LogP contribution in [0.3, 0.4) is 0 Å². The molecule has 80 heavy (non-hydrogen) atoms. The van der Waals surface area contributed by atoms with Gasteiger partial charge in [-0.3, -0.25) is 9.59 Å². The van der Waals surface area contributed by atoms with E-state index in [0.29, 0.717) is 25.9 Å². The standard InChI is InChI=1S/C74H141NO5/c1-3-5-7-9-11-13-15-17-19-21-23-31-34-38-42-46-50-54-58-62-66-72(77)71(70-76)75-73(78)67-63-59-55-51-47-43-39-35-32-29-27-25-24-26-28-30-33-37-41-45-49-53-57-61-65-69-80-74(79)68-64-60-56-52-48-44-40-36-22-20-18-16-14-12-10-8-6-4-2/h14,16,20,22,25,27,71-72,76-77H,3-13,15,17-19,21,23-24,26,28-70H2,1-2H3,(H,75,78)/b16-14-,22-20-,27-25-. The van der Waals surface area contributed by atoms with Gasteiger partial charge in [-0.15, -0.1) is 0 Å². The molecule has 472 valence electrons. The molecule has 0 rings (SSSR count). The molecule has 0 aliphatic carbocycles. The van der Waals surface area contributed by atoms with Crippen molar-refractivity contribution in [3.8, 4) is 0 Å². The second-order valence-corrected chi connectivity index (χ2v) is 24.9. The van der Waals surface area contributed by atoms with Gasteiger partial charge in [-0.05, 0) is 83.5 Å². The van der Waals surface area contributed by atoms with Crippen LogP contribution in [0, 0.1) is 0 Å². The van der Waals surface area contributed by atoms with Gasteiger partial charge in [0.1, 0.15) is 0 Å². The van der Waals surface area contributed by atoms with Crippen LogP contribution in [0.5, 0.6) is 0 Å². The molecule has 6 nitrogen and oxygen atoms in total. The average Bonchev–Trinajstić information content (AvgIpc) is 3.46. The van der Waals surface area contributed by atoms with Crippen molar-refractivity contribution < 1.29 is 24.5 Å². The van der Waals surface area contributed by atoms with Gasteiger partial charge >= 0.3 is 5.97 Å². The van der Waals surface area contributed by atoms with E-state index in [1.54, 1.807) is 0 Å². The summed E-state index contributed by atoms with van der Waals surface area (Å²) in [5.74, 6) is -0.0275. The first kappa shape index (κ1) is 78.1. The maximum Gasteiger partial charge on any atom is 0.305 e. The highest BCUT2D eigenvalue weighted by Crippen LogP contribution is 2.19. The highest BCUT2D eigenvalue weighted by Gasteiger charge is 2.20. The van der Waals surface area contributed by atoms with Crippen molar-refractivity contribution in [2.45, 2.75) is 411 Å². The molecule has 6 heteroatoms. The zero-order valence-electron chi connectivity index (χ0n) is 54.1. The number of carbonyl (C=O) groups is 2. The summed E-state index contributed by atoms with van der Waals surface area (Å²) in [5.41, 5.74) is 0. The third kappa shape index (κ3) is 65.2. The van der Waals surface area contributed by atoms with Crippen molar-refractivity contribution in [3.05, 3.63) is 36.5 Å². The van der Waals surface area contributed by atoms with Crippen LogP contribution in [0.25, 0.3) is 0 Å². The summed E-state index contributed by atoms with van der Waals surface area (Å²) >= 11 is 0. The van der Waals surface area contributed by atoms with Crippen LogP contribution in [0.1, 0.15) is 399 Å². The quantitative estimate of drug-likeness (QED) is 0.0320. The van der Waals surface area contributed by atoms with Crippen LogP contribution in [0.15, 0.2) is 36.5 Å². The summed E-state index contributed by atoms with van der Waals surface area (Å²) in [5, 5.41) is 23.4. The van der Waals surface area contributed by atoms with Crippen LogP contribution < -0.4 is 5.32 Å². The molecule has 0 saturated heterocycles. The molecule has 0 spiro atoms. The minimum atomic E-state index is -0.668. The average molecular weight is 1120 g/mol. The Kier molecular flexibility index (Phi) is 67.9. The van der Waals surface area contributed by atoms with E-state index in [1.165, 1.54) is 315 Å². The molecule has 0 aromatic carbocycles. The molecule has 2 unspecified atom stereocenters. The van der Waals surface area contributed by atoms with Gasteiger partial charge in [-0.2, -0.15) is 0 Å². The number of aliphatic hydroxyl groups excluding tert-OH is 2. The molecular formula is C74H141NO5. The number of amides is 1. The summed E-state index contributed by atoms with van der Waals surface area (Å²) in [7, 11) is 0. The predicted molar refractivity (Wildman–Crippen MR) is 352 cm³/mol. The highest BCUT2D eigenvalue weighted by molar-refractivity contribution is 5.76. The molecule has 0 aliphatic rings. The summed E-state index contributed by atoms with van der Waals surface area (Å²) in [6.07, 6.45) is 89.0. The number of rotatable bonds is 68. The van der Waals surface area contributed by atoms with E-state index in [4.69, 9.17) is 4.74 Å². The van der Waals surface area contributed by atoms with Crippen LogP contribution in [-0.4, -0.2) is 47.4 Å². The largest absolute Gasteiger partial charge is 0.466 e. The monoisotopic (exact) mass is 1120 g/mol. The zero-order valence-corrected chi connectivity index (χ0v) is 54.1. The van der Waals surface area contributed by atoms with Gasteiger partial charge in [0.05, 0.1) is 25.4 Å². The second-order valence-electron chi connectivity index (χ2n) is 24.9. The predicted octanol–water partition coefficient (Wildman–Crippen LogP) is 23.5. The number of hydrogen-bond acceptors (Lipinski definition) is 5. The lowest BCUT2D eigenvalue weighted by molar-refractivity contribution is -0.143. The van der Waals surface area contributed by atoms with E-state index in [0.717, 1.165) is 51.4 Å². The second kappa shape index (κ2) is 69.6. The van der Waals surface area contributed by atoms with E-state index in [2.05, 4.69) is 55.6 Å². The lowest BCUT2D eigenvalue weighted by Crippen LogP contribution is -2.45. The van der Waals surface area contributed by atoms with E-state index >= 15 is 0 Å². The lowest BCUT2D eigenvalue weighted by atomic mass is 10.0. The smallest absolute Gasteiger partial charge is 0.305 e. The van der Waals surface area contributed by atoms with Gasteiger partial charge in [-0.25, -0.2) is 0 Å². The fraction of sp³-hybridized carbons (Fsp3) is 0.892. The van der Waals surface area contributed by atoms with Crippen molar-refractivity contribution in [2.24, 2.45) is 0 Å². The molecule has 0 heterocycles. The number of aliphatic hydroxyl groups is 2. The van der Waals surface area contributed by atoms with Gasteiger partial charge in [0.2, 0.25) is 5.91 Å². The van der Waals surface area contributed by atoms with Crippen molar-refractivity contribution in [2.75, 3.05) is 13.2 Å². The van der Waals surface area contributed by atoms with E-state index in [-0.39, 0.29) is 18.5 Å². The number of ether oxygens (including phenoxy) is 1. The maximum atomic E-state index is 12.5. The molecule has 0 radical (unpaired) electrons. The van der Waals surface area contributed by atoms with Gasteiger partial charge < -0.3 is 20.3 Å². The normalized spacial score (nSPS) is 12.7. The van der Waals surface area contributed by atoms with Crippen molar-refractivity contribution in [1.29, 1.82) is 0 Å². The minimum absolute atomic E-state index is 0.00680. The van der Waals surface area contributed by atoms with Crippen molar-refractivity contribution in [1.82, 2.24) is 5.32 Å². The van der Waals surface area contributed by atoms with Gasteiger partial charge in [0.15, 0.2) is 0 Å². The Morgan fingerprint density at radius 1 is 0.350 bits per heavy atom. The van der Waals surface area contributed by atoms with E-state index in [9.17, 15) is 19.8 Å². The Labute approximate surface area is 500 Å². The van der Waals surface area contributed by atoms with Gasteiger partial charge in [0.25, 0.3) is 0 Å². The Bertz CT molecular complexity index is 1300. The fourth-order valence-corrected chi connectivity index (χ4v) is 11.4. The number of esters is 1. The van der Waals surface area contributed by atoms with Crippen LogP contribution in [0.4, 0.5) is 0 Å². The van der Waals surface area contributed by atoms with E-state index < -0.39 is 12.1 Å². The van der Waals surface area contributed by atoms with Gasteiger partial charge in [0, 0.05) is 12.8 Å². The number of unbranched alkanes of at least 4 members (excludes halogenated alkanes) is 51. The van der Waals surface area contributed by atoms with Crippen LogP contribution in [0.2, 0.25) is 0 Å². The van der Waals surface area contributed by atoms with E-state index in [1.807, 2.05) is 0 Å². The Morgan fingerprint density at radius 2 is 0.625 bits per heavy atom. The van der Waals surface area contributed by atoms with Crippen molar-refractivity contribution >= 4 is 11.9 Å². The first-order chi connectivity index (χ1) is 39.5. The third-order valence-electron chi connectivity index (χ3n) is 16.9. The summed E-state index contributed by atoms with van der Waals surface area (Å²) in [4.78, 5) is 24.6. The molecular weight excluding hydrogens is 983 g/mol. The summed E-state index contributed by atoms with van der Waals surface area (Å²) in [6.45, 7) is 4.97. The molecule has 3 N–H and O–H groups in total. The molecule has 0 aliphatic heterocycles. The minimum Gasteiger partial charge on any atom is -0.466 e.